The molecule has 0 aliphatic carbocycles. The Labute approximate surface area is 114 Å². The Bertz CT molecular complexity index is 606. The van der Waals surface area contributed by atoms with E-state index in [1.807, 2.05) is 37.3 Å². The van der Waals surface area contributed by atoms with Crippen molar-refractivity contribution in [1.29, 1.82) is 0 Å². The van der Waals surface area contributed by atoms with E-state index in [2.05, 4.69) is 10.2 Å². The predicted octanol–water partition coefficient (Wildman–Crippen LogP) is 1.59. The molecular weight excluding hydrogens is 262 g/mol. The van der Waals surface area contributed by atoms with Gasteiger partial charge in [0.25, 0.3) is 0 Å². The SMILES string of the molecule is CC(c1ccccc1)N(C)C(=O)Cc1n[nH]c(=O)s1. The largest absolute Gasteiger partial charge is 0.339 e. The molecular formula is C13H15N3O2S. The van der Waals surface area contributed by atoms with Gasteiger partial charge in [0, 0.05) is 7.05 Å². The minimum Gasteiger partial charge on any atom is -0.339 e. The second-order valence-corrected chi connectivity index (χ2v) is 5.32. The molecule has 0 fully saturated rings. The first-order chi connectivity index (χ1) is 9.08. The number of amides is 1. The summed E-state index contributed by atoms with van der Waals surface area (Å²) in [6.07, 6.45) is 0.150. The normalized spacial score (nSPS) is 12.1. The lowest BCUT2D eigenvalue weighted by molar-refractivity contribution is -0.131. The van der Waals surface area contributed by atoms with E-state index in [1.54, 1.807) is 11.9 Å². The monoisotopic (exact) mass is 277 g/mol. The predicted molar refractivity (Wildman–Crippen MR) is 74.1 cm³/mol. The van der Waals surface area contributed by atoms with Gasteiger partial charge in [0.1, 0.15) is 5.01 Å². The number of carbonyl (C=O) groups is 1. The zero-order chi connectivity index (χ0) is 13.8. The highest BCUT2D eigenvalue weighted by Crippen LogP contribution is 2.19. The summed E-state index contributed by atoms with van der Waals surface area (Å²) in [7, 11) is 1.76. The maximum atomic E-state index is 12.1. The van der Waals surface area contributed by atoms with Gasteiger partial charge in [-0.05, 0) is 12.5 Å². The van der Waals surface area contributed by atoms with Crippen LogP contribution in [0.3, 0.4) is 0 Å². The molecule has 6 heteroatoms. The summed E-state index contributed by atoms with van der Waals surface area (Å²) in [6.45, 7) is 1.97. The number of aromatic amines is 1. The van der Waals surface area contributed by atoms with Crippen molar-refractivity contribution in [2.45, 2.75) is 19.4 Å². The van der Waals surface area contributed by atoms with Crippen LogP contribution in [0.25, 0.3) is 0 Å². The molecule has 100 valence electrons. The molecule has 5 nitrogen and oxygen atoms in total. The van der Waals surface area contributed by atoms with Crippen LogP contribution in [0.1, 0.15) is 23.5 Å². The molecule has 0 aliphatic rings. The van der Waals surface area contributed by atoms with E-state index in [4.69, 9.17) is 0 Å². The molecule has 0 saturated heterocycles. The zero-order valence-electron chi connectivity index (χ0n) is 10.8. The summed E-state index contributed by atoms with van der Waals surface area (Å²) in [5, 5.41) is 6.64. The summed E-state index contributed by atoms with van der Waals surface area (Å²) < 4.78 is 0. The van der Waals surface area contributed by atoms with Gasteiger partial charge in [0.15, 0.2) is 0 Å². The molecule has 19 heavy (non-hydrogen) atoms. The van der Waals surface area contributed by atoms with Gasteiger partial charge in [-0.2, -0.15) is 5.10 Å². The number of nitrogens with one attached hydrogen (secondary N) is 1. The lowest BCUT2D eigenvalue weighted by Crippen LogP contribution is -2.30. The van der Waals surface area contributed by atoms with Crippen molar-refractivity contribution in [3.8, 4) is 0 Å². The minimum atomic E-state index is -0.235. The lowest BCUT2D eigenvalue weighted by Gasteiger charge is -2.25. The van der Waals surface area contributed by atoms with Crippen LogP contribution in [0.2, 0.25) is 0 Å². The van der Waals surface area contributed by atoms with Crippen LogP contribution in [0.4, 0.5) is 0 Å². The van der Waals surface area contributed by atoms with Gasteiger partial charge in [0.2, 0.25) is 5.91 Å². The fourth-order valence-electron chi connectivity index (χ4n) is 1.76. The topological polar surface area (TPSA) is 66.1 Å². The molecule has 1 unspecified atom stereocenters. The number of likely N-dealkylation sites (N-methyl/N-ethyl adjacent to an activating group) is 1. The van der Waals surface area contributed by atoms with Gasteiger partial charge >= 0.3 is 4.87 Å². The van der Waals surface area contributed by atoms with Crippen LogP contribution in [-0.4, -0.2) is 28.1 Å². The number of aromatic nitrogens is 2. The molecule has 0 spiro atoms. The van der Waals surface area contributed by atoms with Crippen molar-refractivity contribution in [3.63, 3.8) is 0 Å². The quantitative estimate of drug-likeness (QED) is 0.923. The van der Waals surface area contributed by atoms with E-state index in [9.17, 15) is 9.59 Å². The van der Waals surface area contributed by atoms with E-state index in [0.29, 0.717) is 5.01 Å². The Balaban J connectivity index is 2.05. The highest BCUT2D eigenvalue weighted by molar-refractivity contribution is 7.08. The van der Waals surface area contributed by atoms with Crippen LogP contribution >= 0.6 is 11.3 Å². The third-order valence-electron chi connectivity index (χ3n) is 3.04. The first-order valence-corrected chi connectivity index (χ1v) is 6.74. The van der Waals surface area contributed by atoms with E-state index in [1.165, 1.54) is 0 Å². The summed E-state index contributed by atoms with van der Waals surface area (Å²) in [5.41, 5.74) is 1.08. The maximum Gasteiger partial charge on any atom is 0.322 e. The van der Waals surface area contributed by atoms with Crippen molar-refractivity contribution in [1.82, 2.24) is 15.1 Å². The van der Waals surface area contributed by atoms with E-state index in [0.717, 1.165) is 16.9 Å². The number of hydrogen-bond donors (Lipinski definition) is 1. The fourth-order valence-corrected chi connectivity index (χ4v) is 2.35. The fraction of sp³-hybridized carbons (Fsp3) is 0.308. The highest BCUT2D eigenvalue weighted by atomic mass is 32.1. The smallest absolute Gasteiger partial charge is 0.322 e. The maximum absolute atomic E-state index is 12.1. The van der Waals surface area contributed by atoms with Crippen LogP contribution in [0.15, 0.2) is 35.1 Å². The second-order valence-electron chi connectivity index (χ2n) is 4.27. The Morgan fingerprint density at radius 2 is 2.11 bits per heavy atom. The average Bonchev–Trinajstić information content (AvgIpc) is 2.83. The van der Waals surface area contributed by atoms with Crippen LogP contribution in [-0.2, 0) is 11.2 Å². The van der Waals surface area contributed by atoms with E-state index in [-0.39, 0.29) is 23.2 Å². The van der Waals surface area contributed by atoms with Crippen LogP contribution < -0.4 is 4.87 Å². The van der Waals surface area contributed by atoms with Crippen molar-refractivity contribution in [2.75, 3.05) is 7.05 Å². The molecule has 0 aliphatic heterocycles. The lowest BCUT2D eigenvalue weighted by atomic mass is 10.1. The Morgan fingerprint density at radius 1 is 1.42 bits per heavy atom. The first-order valence-electron chi connectivity index (χ1n) is 5.93. The summed E-state index contributed by atoms with van der Waals surface area (Å²) >= 11 is 0.971. The first kappa shape index (κ1) is 13.5. The van der Waals surface area contributed by atoms with Crippen molar-refractivity contribution in [2.24, 2.45) is 0 Å². The van der Waals surface area contributed by atoms with Gasteiger partial charge in [-0.3, -0.25) is 9.59 Å². The number of benzene rings is 1. The molecule has 1 aromatic heterocycles. The number of nitrogens with zero attached hydrogens (tertiary/aromatic N) is 2. The Morgan fingerprint density at radius 3 is 2.68 bits per heavy atom. The third kappa shape index (κ3) is 3.29. The number of H-pyrrole nitrogens is 1. The van der Waals surface area contributed by atoms with E-state index < -0.39 is 0 Å². The standard InChI is InChI=1S/C13H15N3O2S/c1-9(10-6-4-3-5-7-10)16(2)12(17)8-11-14-15-13(18)19-11/h3-7,9H,8H2,1-2H3,(H,15,18). The molecule has 1 atom stereocenters. The van der Waals surface area contributed by atoms with Crippen LogP contribution in [0, 0.1) is 0 Å². The summed E-state index contributed by atoms with van der Waals surface area (Å²) in [5.74, 6) is -0.0564. The zero-order valence-corrected chi connectivity index (χ0v) is 11.6. The summed E-state index contributed by atoms with van der Waals surface area (Å²) in [4.78, 5) is 24.5. The van der Waals surface area contributed by atoms with Gasteiger partial charge in [-0.15, -0.1) is 0 Å². The molecule has 1 aromatic carbocycles. The molecule has 0 saturated carbocycles. The Kier molecular flexibility index (Phi) is 4.11. The second kappa shape index (κ2) is 5.79. The van der Waals surface area contributed by atoms with Crippen LogP contribution in [0.5, 0.6) is 0 Å². The van der Waals surface area contributed by atoms with Crippen molar-refractivity contribution in [3.05, 3.63) is 50.6 Å². The van der Waals surface area contributed by atoms with Gasteiger partial charge < -0.3 is 4.90 Å². The van der Waals surface area contributed by atoms with Crippen molar-refractivity contribution < 1.29 is 4.79 Å². The molecule has 1 heterocycles. The number of carbonyl (C=O) groups excluding carboxylic acids is 1. The number of hydrogen-bond acceptors (Lipinski definition) is 4. The number of rotatable bonds is 4. The van der Waals surface area contributed by atoms with Gasteiger partial charge in [0.05, 0.1) is 12.5 Å². The molecule has 1 amide bonds. The van der Waals surface area contributed by atoms with Crippen molar-refractivity contribution >= 4 is 17.2 Å². The molecule has 2 aromatic rings. The third-order valence-corrected chi connectivity index (χ3v) is 3.79. The molecule has 1 N–H and O–H groups in total. The summed E-state index contributed by atoms with van der Waals surface area (Å²) in [6, 6.07) is 9.80. The van der Waals surface area contributed by atoms with Gasteiger partial charge in [-0.1, -0.05) is 41.7 Å². The van der Waals surface area contributed by atoms with Gasteiger partial charge in [-0.25, -0.2) is 5.10 Å². The highest BCUT2D eigenvalue weighted by Gasteiger charge is 2.18. The molecule has 2 rings (SSSR count). The molecule has 0 radical (unpaired) electrons. The minimum absolute atomic E-state index is 0.00985. The average molecular weight is 277 g/mol. The Hall–Kier alpha value is -1.95. The van der Waals surface area contributed by atoms with E-state index >= 15 is 0 Å². The molecule has 0 bridgehead atoms.